The molecule has 0 aliphatic rings. The predicted octanol–water partition coefficient (Wildman–Crippen LogP) is -0.600. The van der Waals surface area contributed by atoms with Gasteiger partial charge in [0, 0.05) is 26.3 Å². The van der Waals surface area contributed by atoms with Gasteiger partial charge in [-0.1, -0.05) is 0 Å². The number of hydrogen-bond donors (Lipinski definition) is 0. The van der Waals surface area contributed by atoms with E-state index in [0.29, 0.717) is 6.54 Å². The van der Waals surface area contributed by atoms with Gasteiger partial charge in [0.05, 0.1) is 10.1 Å². The molecule has 12 heavy (non-hydrogen) atoms. The van der Waals surface area contributed by atoms with E-state index in [1.807, 2.05) is 0 Å². The molecule has 0 bridgehead atoms. The second-order valence-corrected chi connectivity index (χ2v) is 4.08. The molecular weight excluding hydrogens is 182 g/mol. The molecule has 0 rings (SSSR count). The highest BCUT2D eigenvalue weighted by atomic mass is 32.2. The molecule has 5 nitrogen and oxygen atoms in total. The van der Waals surface area contributed by atoms with Gasteiger partial charge in [0.25, 0.3) is 0 Å². The molecule has 0 radical (unpaired) electrons. The van der Waals surface area contributed by atoms with Crippen LogP contribution in [0.1, 0.15) is 13.3 Å². The summed E-state index contributed by atoms with van der Waals surface area (Å²) in [5, 5.41) is 0. The molecule has 0 unspecified atom stereocenters. The fourth-order valence-corrected chi connectivity index (χ4v) is 1.12. The van der Waals surface area contributed by atoms with Crippen molar-refractivity contribution in [3.63, 3.8) is 0 Å². The van der Waals surface area contributed by atoms with Crippen LogP contribution >= 0.6 is 0 Å². The van der Waals surface area contributed by atoms with Crippen LogP contribution in [0.4, 0.5) is 0 Å². The van der Waals surface area contributed by atoms with E-state index in [1.54, 1.807) is 7.05 Å². The van der Waals surface area contributed by atoms with Crippen LogP contribution in [0.5, 0.6) is 0 Å². The van der Waals surface area contributed by atoms with Crippen molar-refractivity contribution >= 4 is 16.0 Å². The van der Waals surface area contributed by atoms with E-state index >= 15 is 0 Å². The van der Waals surface area contributed by atoms with E-state index in [1.165, 1.54) is 11.8 Å². The quantitative estimate of drug-likeness (QED) is 0.560. The lowest BCUT2D eigenvalue weighted by molar-refractivity contribution is -0.127. The van der Waals surface area contributed by atoms with Crippen LogP contribution in [0.2, 0.25) is 0 Å². The topological polar surface area (TPSA) is 77.5 Å². The average molecular weight is 194 g/mol. The molecule has 0 aliphatic heterocycles. The lowest BCUT2D eigenvalue weighted by Gasteiger charge is -2.14. The molecule has 0 heterocycles. The van der Waals surface area contributed by atoms with Crippen molar-refractivity contribution in [2.45, 2.75) is 13.3 Å². The van der Waals surface area contributed by atoms with Crippen LogP contribution in [-0.2, 0) is 14.9 Å². The van der Waals surface area contributed by atoms with Crippen molar-refractivity contribution in [1.82, 2.24) is 4.90 Å². The van der Waals surface area contributed by atoms with Gasteiger partial charge < -0.3 is 9.45 Å². The first kappa shape index (κ1) is 11.4. The van der Waals surface area contributed by atoms with Gasteiger partial charge in [0.1, 0.15) is 0 Å². The minimum absolute atomic E-state index is 0.140. The van der Waals surface area contributed by atoms with Crippen LogP contribution in [0.25, 0.3) is 0 Å². The van der Waals surface area contributed by atoms with E-state index in [2.05, 4.69) is 0 Å². The van der Waals surface area contributed by atoms with Gasteiger partial charge in [0.15, 0.2) is 0 Å². The van der Waals surface area contributed by atoms with Crippen molar-refractivity contribution < 1.29 is 17.8 Å². The molecule has 0 aromatic carbocycles. The zero-order chi connectivity index (χ0) is 9.78. The number of hydrogen-bond acceptors (Lipinski definition) is 4. The smallest absolute Gasteiger partial charge is 0.219 e. The van der Waals surface area contributed by atoms with Gasteiger partial charge in [-0.05, 0) is 6.42 Å². The monoisotopic (exact) mass is 194 g/mol. The Bertz CT molecular complexity index is 246. The molecular formula is C6H12NO4S-. The number of carbonyl (C=O) groups excluding carboxylic acids is 1. The Balaban J connectivity index is 3.65. The summed E-state index contributed by atoms with van der Waals surface area (Å²) in [6, 6.07) is 0. The first-order valence-corrected chi connectivity index (χ1v) is 5.06. The van der Waals surface area contributed by atoms with Crippen molar-refractivity contribution in [3.8, 4) is 0 Å². The van der Waals surface area contributed by atoms with Gasteiger partial charge in [-0.25, -0.2) is 8.42 Å². The van der Waals surface area contributed by atoms with Crippen LogP contribution in [0.3, 0.4) is 0 Å². The lowest BCUT2D eigenvalue weighted by atomic mass is 10.4. The van der Waals surface area contributed by atoms with Gasteiger partial charge in [0.2, 0.25) is 5.91 Å². The Morgan fingerprint density at radius 2 is 2.00 bits per heavy atom. The summed E-state index contributed by atoms with van der Waals surface area (Å²) in [6.07, 6.45) is 0.196. The Morgan fingerprint density at radius 1 is 1.50 bits per heavy atom. The molecule has 6 heteroatoms. The molecule has 0 aromatic rings. The third kappa shape index (κ3) is 6.11. The van der Waals surface area contributed by atoms with Crippen LogP contribution in [-0.4, -0.2) is 43.1 Å². The number of nitrogens with zero attached hydrogens (tertiary/aromatic N) is 1. The zero-order valence-corrected chi connectivity index (χ0v) is 7.93. The van der Waals surface area contributed by atoms with E-state index in [-0.39, 0.29) is 12.3 Å². The fourth-order valence-electron chi connectivity index (χ4n) is 0.636. The second-order valence-electron chi connectivity index (χ2n) is 2.56. The summed E-state index contributed by atoms with van der Waals surface area (Å²) in [4.78, 5) is 12.0. The van der Waals surface area contributed by atoms with Gasteiger partial charge in [-0.3, -0.25) is 4.79 Å². The standard InChI is InChI=1S/C6H13NO4S/c1-6(8)7(2)4-3-5-12(9,10)11/h3-5H2,1-2H3,(H,9,10,11)/p-1. The Labute approximate surface area is 72.1 Å². The molecule has 0 N–H and O–H groups in total. The molecule has 72 valence electrons. The first-order chi connectivity index (χ1) is 5.33. The van der Waals surface area contributed by atoms with Crippen molar-refractivity contribution in [3.05, 3.63) is 0 Å². The molecule has 0 aromatic heterocycles. The zero-order valence-electron chi connectivity index (χ0n) is 7.11. The normalized spacial score (nSPS) is 11.2. The van der Waals surface area contributed by atoms with Crippen molar-refractivity contribution in [2.75, 3.05) is 19.3 Å². The van der Waals surface area contributed by atoms with Crippen LogP contribution in [0.15, 0.2) is 0 Å². The van der Waals surface area contributed by atoms with Gasteiger partial charge in [-0.15, -0.1) is 0 Å². The van der Waals surface area contributed by atoms with Crippen molar-refractivity contribution in [1.29, 1.82) is 0 Å². The molecule has 0 saturated carbocycles. The largest absolute Gasteiger partial charge is 0.748 e. The summed E-state index contributed by atoms with van der Waals surface area (Å²) in [5.41, 5.74) is 0. The highest BCUT2D eigenvalue weighted by Gasteiger charge is 2.02. The SMILES string of the molecule is CC(=O)N(C)CCCS(=O)(=O)[O-]. The summed E-state index contributed by atoms with van der Waals surface area (Å²) in [5.74, 6) is -0.553. The van der Waals surface area contributed by atoms with E-state index in [4.69, 9.17) is 0 Å². The first-order valence-electron chi connectivity index (χ1n) is 3.48. The van der Waals surface area contributed by atoms with Crippen LogP contribution < -0.4 is 0 Å². The number of amides is 1. The predicted molar refractivity (Wildman–Crippen MR) is 42.5 cm³/mol. The van der Waals surface area contributed by atoms with Gasteiger partial charge in [-0.2, -0.15) is 0 Å². The fraction of sp³-hybridized carbons (Fsp3) is 0.833. The summed E-state index contributed by atoms with van der Waals surface area (Å²) >= 11 is 0. The third-order valence-corrected chi connectivity index (χ3v) is 2.21. The van der Waals surface area contributed by atoms with Gasteiger partial charge >= 0.3 is 0 Å². The summed E-state index contributed by atoms with van der Waals surface area (Å²) in [7, 11) is -2.58. The van der Waals surface area contributed by atoms with E-state index in [0.717, 1.165) is 0 Å². The van der Waals surface area contributed by atoms with Crippen molar-refractivity contribution in [2.24, 2.45) is 0 Å². The Kier molecular flexibility index (Phi) is 4.19. The minimum atomic E-state index is -4.13. The molecule has 0 aliphatic carbocycles. The maximum absolute atomic E-state index is 10.6. The average Bonchev–Trinajstić information content (AvgIpc) is 1.84. The third-order valence-electron chi connectivity index (χ3n) is 1.43. The van der Waals surface area contributed by atoms with Crippen LogP contribution in [0, 0.1) is 0 Å². The molecule has 0 atom stereocenters. The minimum Gasteiger partial charge on any atom is -0.748 e. The molecule has 0 saturated heterocycles. The van der Waals surface area contributed by atoms with E-state index < -0.39 is 15.9 Å². The maximum Gasteiger partial charge on any atom is 0.219 e. The summed E-state index contributed by atoms with van der Waals surface area (Å²) in [6.45, 7) is 1.68. The molecule has 0 spiro atoms. The molecule has 0 fully saturated rings. The highest BCUT2D eigenvalue weighted by molar-refractivity contribution is 7.85. The molecule has 1 amide bonds. The second kappa shape index (κ2) is 4.42. The highest BCUT2D eigenvalue weighted by Crippen LogP contribution is 1.91. The Hall–Kier alpha value is -0.620. The van der Waals surface area contributed by atoms with E-state index in [9.17, 15) is 17.8 Å². The summed E-state index contributed by atoms with van der Waals surface area (Å²) < 4.78 is 30.4. The maximum atomic E-state index is 10.6. The Morgan fingerprint density at radius 3 is 2.33 bits per heavy atom. The lowest BCUT2D eigenvalue weighted by Crippen LogP contribution is -2.26. The number of rotatable bonds is 4. The number of carbonyl (C=O) groups is 1.